The van der Waals surface area contributed by atoms with Gasteiger partial charge in [0.2, 0.25) is 7.42 Å². The van der Waals surface area contributed by atoms with Crippen LogP contribution in [-0.4, -0.2) is 14.5 Å². The van der Waals surface area contributed by atoms with Gasteiger partial charge in [0.15, 0.2) is 0 Å². The lowest BCUT2D eigenvalue weighted by molar-refractivity contribution is 0.414. The van der Waals surface area contributed by atoms with Crippen molar-refractivity contribution in [1.29, 1.82) is 0 Å². The Labute approximate surface area is 83.3 Å². The van der Waals surface area contributed by atoms with Gasteiger partial charge in [0.25, 0.3) is 0 Å². The molecule has 1 aromatic carbocycles. The van der Waals surface area contributed by atoms with Crippen molar-refractivity contribution in [3.05, 3.63) is 29.8 Å². The van der Waals surface area contributed by atoms with E-state index in [0.717, 1.165) is 11.8 Å². The molecule has 4 heteroatoms. The summed E-state index contributed by atoms with van der Waals surface area (Å²) in [6.45, 7) is 0. The monoisotopic (exact) mass is 220 g/mol. The van der Waals surface area contributed by atoms with Gasteiger partial charge in [-0.1, -0.05) is 12.1 Å². The van der Waals surface area contributed by atoms with Gasteiger partial charge in [-0.25, -0.2) is 0 Å². The van der Waals surface area contributed by atoms with E-state index in [-0.39, 0.29) is 0 Å². The predicted octanol–water partition coefficient (Wildman–Crippen LogP) is 2.48. The highest BCUT2D eigenvalue weighted by Crippen LogP contribution is 2.13. The second-order valence-corrected chi connectivity index (χ2v) is 7.46. The second kappa shape index (κ2) is 4.75. The fourth-order valence-corrected chi connectivity index (χ4v) is 2.64. The van der Waals surface area contributed by atoms with Crippen molar-refractivity contribution in [3.8, 4) is 5.75 Å². The maximum absolute atomic E-state index is 5.76. The van der Waals surface area contributed by atoms with Gasteiger partial charge in [0, 0.05) is 0 Å². The normalized spacial score (nSPS) is 10.3. The van der Waals surface area contributed by atoms with Gasteiger partial charge >= 0.3 is 0 Å². The molecule has 0 saturated heterocycles. The van der Waals surface area contributed by atoms with Crippen LogP contribution in [0.4, 0.5) is 0 Å². The summed E-state index contributed by atoms with van der Waals surface area (Å²) < 4.78 is 5.02. The molecule has 12 heavy (non-hydrogen) atoms. The minimum Gasteiger partial charge on any atom is -0.497 e. The van der Waals surface area contributed by atoms with E-state index >= 15 is 0 Å². The van der Waals surface area contributed by atoms with Crippen LogP contribution in [0.3, 0.4) is 0 Å². The van der Waals surface area contributed by atoms with E-state index in [1.807, 2.05) is 24.3 Å². The molecule has 0 radical (unpaired) electrons. The highest BCUT2D eigenvalue weighted by molar-refractivity contribution is 7.33. The lowest BCUT2D eigenvalue weighted by Gasteiger charge is -2.02. The van der Waals surface area contributed by atoms with Crippen LogP contribution in [0.2, 0.25) is 0 Å². The first-order chi connectivity index (χ1) is 5.72. The Bertz CT molecular complexity index is 235. The molecule has 0 fully saturated rings. The molecule has 0 N–H and O–H groups in total. The number of methoxy groups -OCH3 is 1. The summed E-state index contributed by atoms with van der Waals surface area (Å²) in [6.07, 6.45) is 0. The fourth-order valence-electron chi connectivity index (χ4n) is 0.940. The first-order valence-electron chi connectivity index (χ1n) is 3.63. The Morgan fingerprint density at radius 1 is 1.25 bits per heavy atom. The predicted molar refractivity (Wildman–Crippen MR) is 55.6 cm³/mol. The highest BCUT2D eigenvalue weighted by atomic mass is 35.7. The minimum atomic E-state index is -1.52. The maximum Gasteiger partial charge on any atom is 0.241 e. The third kappa shape index (κ3) is 3.05. The molecule has 1 nitrogen and oxygen atoms in total. The highest BCUT2D eigenvalue weighted by Gasteiger charge is 2.03. The van der Waals surface area contributed by atoms with Gasteiger partial charge in [0.1, 0.15) is 5.75 Å². The largest absolute Gasteiger partial charge is 0.497 e. The molecule has 0 saturated carbocycles. The van der Waals surface area contributed by atoms with Crippen molar-refractivity contribution < 1.29 is 4.74 Å². The average molecular weight is 221 g/mol. The summed E-state index contributed by atoms with van der Waals surface area (Å²) in [7, 11) is 0.130. The zero-order valence-electron chi connectivity index (χ0n) is 6.76. The van der Waals surface area contributed by atoms with Gasteiger partial charge in [-0.15, -0.1) is 22.2 Å². The lowest BCUT2D eigenvalue weighted by Crippen LogP contribution is -1.99. The van der Waals surface area contributed by atoms with E-state index in [9.17, 15) is 0 Å². The molecule has 0 aromatic heterocycles. The van der Waals surface area contributed by atoms with Crippen LogP contribution in [0.1, 0.15) is 5.56 Å². The summed E-state index contributed by atoms with van der Waals surface area (Å²) in [4.78, 5) is 0. The van der Waals surface area contributed by atoms with E-state index in [4.69, 9.17) is 26.9 Å². The van der Waals surface area contributed by atoms with Crippen molar-refractivity contribution in [3.63, 3.8) is 0 Å². The first kappa shape index (κ1) is 9.90. The van der Waals surface area contributed by atoms with E-state index in [0.29, 0.717) is 0 Å². The Morgan fingerprint density at radius 3 is 2.25 bits per heavy atom. The standard InChI is InChI=1S/C8H10Cl2OSi/c1-11-8-4-2-7(3-5-8)6-12(9)10/h2-5,12H,6H2,1H3. The number of ether oxygens (including phenoxy) is 1. The molecule has 1 aromatic rings. The zero-order valence-corrected chi connectivity index (χ0v) is 9.42. The molecule has 0 aliphatic rings. The quantitative estimate of drug-likeness (QED) is 0.562. The van der Waals surface area contributed by atoms with Crippen LogP contribution in [-0.2, 0) is 6.04 Å². The topological polar surface area (TPSA) is 9.23 Å². The van der Waals surface area contributed by atoms with Crippen LogP contribution in [0.25, 0.3) is 0 Å². The molecular weight excluding hydrogens is 211 g/mol. The van der Waals surface area contributed by atoms with E-state index in [1.165, 1.54) is 5.56 Å². The summed E-state index contributed by atoms with van der Waals surface area (Å²) >= 11 is 11.5. The smallest absolute Gasteiger partial charge is 0.241 e. The van der Waals surface area contributed by atoms with Crippen LogP contribution < -0.4 is 4.74 Å². The van der Waals surface area contributed by atoms with E-state index < -0.39 is 7.42 Å². The summed E-state index contributed by atoms with van der Waals surface area (Å²) in [5, 5.41) is 0. The van der Waals surface area contributed by atoms with Gasteiger partial charge in [-0.05, 0) is 23.7 Å². The Kier molecular flexibility index (Phi) is 3.92. The van der Waals surface area contributed by atoms with Crippen molar-refractivity contribution in [1.82, 2.24) is 0 Å². The number of rotatable bonds is 3. The molecule has 0 aliphatic carbocycles. The lowest BCUT2D eigenvalue weighted by atomic mass is 10.2. The number of hydrogen-bond donors (Lipinski definition) is 0. The van der Waals surface area contributed by atoms with Crippen LogP contribution in [0.5, 0.6) is 5.75 Å². The van der Waals surface area contributed by atoms with Gasteiger partial charge in [-0.2, -0.15) is 0 Å². The van der Waals surface area contributed by atoms with E-state index in [1.54, 1.807) is 7.11 Å². The van der Waals surface area contributed by atoms with Crippen LogP contribution >= 0.6 is 22.2 Å². The van der Waals surface area contributed by atoms with Crippen molar-refractivity contribution in [2.75, 3.05) is 7.11 Å². The molecule has 0 bridgehead atoms. The van der Waals surface area contributed by atoms with Gasteiger partial charge in [-0.3, -0.25) is 0 Å². The molecule has 0 atom stereocenters. The molecule has 0 spiro atoms. The Hall–Kier alpha value is -0.183. The summed E-state index contributed by atoms with van der Waals surface area (Å²) in [6, 6.07) is 8.63. The Balaban J connectivity index is 2.65. The number of halogens is 2. The second-order valence-electron chi connectivity index (χ2n) is 2.44. The van der Waals surface area contributed by atoms with Gasteiger partial charge in [0.05, 0.1) is 7.11 Å². The van der Waals surface area contributed by atoms with Gasteiger partial charge < -0.3 is 4.74 Å². The van der Waals surface area contributed by atoms with Crippen molar-refractivity contribution in [2.45, 2.75) is 6.04 Å². The number of hydrogen-bond acceptors (Lipinski definition) is 1. The molecule has 0 heterocycles. The molecule has 66 valence electrons. The van der Waals surface area contributed by atoms with Crippen LogP contribution in [0, 0.1) is 0 Å². The first-order valence-corrected chi connectivity index (χ1v) is 7.94. The SMILES string of the molecule is COc1ccc(C[SiH](Cl)Cl)cc1. The molecule has 0 aliphatic heterocycles. The third-order valence-electron chi connectivity index (χ3n) is 1.55. The third-order valence-corrected chi connectivity index (χ3v) is 3.25. The number of benzene rings is 1. The zero-order chi connectivity index (χ0) is 8.97. The minimum absolute atomic E-state index is 0.813. The van der Waals surface area contributed by atoms with Crippen LogP contribution in [0.15, 0.2) is 24.3 Å². The molecule has 0 amide bonds. The fraction of sp³-hybridized carbons (Fsp3) is 0.250. The molecule has 0 unspecified atom stereocenters. The molecule has 1 rings (SSSR count). The Morgan fingerprint density at radius 2 is 1.83 bits per heavy atom. The van der Waals surface area contributed by atoms with Crippen molar-refractivity contribution >= 4 is 29.6 Å². The van der Waals surface area contributed by atoms with Crippen molar-refractivity contribution in [2.24, 2.45) is 0 Å². The molecular formula is C8H10Cl2OSi. The maximum atomic E-state index is 5.76. The summed E-state index contributed by atoms with van der Waals surface area (Å²) in [5.41, 5.74) is 1.18. The van der Waals surface area contributed by atoms with E-state index in [2.05, 4.69) is 0 Å². The average Bonchev–Trinajstić information content (AvgIpc) is 2.05. The summed E-state index contributed by atoms with van der Waals surface area (Å²) in [5.74, 6) is 0.862.